The Bertz CT molecular complexity index is 1110. The van der Waals surface area contributed by atoms with Crippen molar-refractivity contribution in [1.29, 1.82) is 0 Å². The van der Waals surface area contributed by atoms with Gasteiger partial charge in [-0.15, -0.1) is 0 Å². The lowest BCUT2D eigenvalue weighted by atomic mass is 10.0. The summed E-state index contributed by atoms with van der Waals surface area (Å²) >= 11 is 0. The van der Waals surface area contributed by atoms with Gasteiger partial charge in [0.2, 0.25) is 0 Å². The van der Waals surface area contributed by atoms with Crippen molar-refractivity contribution in [2.45, 2.75) is 25.6 Å². The molecule has 30 heavy (non-hydrogen) atoms. The molecule has 8 heteroatoms. The summed E-state index contributed by atoms with van der Waals surface area (Å²) in [6.45, 7) is 1.54. The minimum absolute atomic E-state index is 0.114. The quantitative estimate of drug-likeness (QED) is 0.601. The first-order valence-electron chi connectivity index (χ1n) is 9.12. The molecule has 3 aromatic rings. The average molecular weight is 416 g/mol. The summed E-state index contributed by atoms with van der Waals surface area (Å²) in [5.74, 6) is 0.283. The molecule has 1 aromatic heterocycles. The fourth-order valence-electron chi connectivity index (χ4n) is 2.94. The van der Waals surface area contributed by atoms with Crippen molar-refractivity contribution < 1.29 is 22.7 Å². The smallest absolute Gasteiger partial charge is 0.416 e. The van der Waals surface area contributed by atoms with Gasteiger partial charge in [-0.25, -0.2) is 4.68 Å². The topological polar surface area (TPSA) is 61.2 Å². The van der Waals surface area contributed by atoms with Gasteiger partial charge in [0.1, 0.15) is 11.8 Å². The van der Waals surface area contributed by atoms with Gasteiger partial charge in [-0.2, -0.15) is 18.3 Å². The number of halogens is 3. The number of hydrogen-bond acceptors (Lipinski definition) is 4. The fourth-order valence-corrected chi connectivity index (χ4v) is 2.94. The lowest BCUT2D eigenvalue weighted by molar-refractivity contribution is -0.137. The molecule has 1 heterocycles. The molecule has 0 amide bonds. The van der Waals surface area contributed by atoms with E-state index in [1.54, 1.807) is 30.3 Å². The number of benzene rings is 2. The lowest BCUT2D eigenvalue weighted by Crippen LogP contribution is -2.30. The molecule has 0 radical (unpaired) electrons. The van der Waals surface area contributed by atoms with Crippen molar-refractivity contribution in [2.24, 2.45) is 0 Å². The van der Waals surface area contributed by atoms with Crippen LogP contribution < -0.4 is 10.3 Å². The highest BCUT2D eigenvalue weighted by molar-refractivity contribution is 5.84. The molecule has 0 bridgehead atoms. The van der Waals surface area contributed by atoms with Crippen LogP contribution in [0.3, 0.4) is 0 Å². The van der Waals surface area contributed by atoms with E-state index < -0.39 is 23.3 Å². The van der Waals surface area contributed by atoms with E-state index in [0.29, 0.717) is 22.6 Å². The number of carbonyl (C=O) groups is 1. The van der Waals surface area contributed by atoms with E-state index in [4.69, 9.17) is 4.74 Å². The lowest BCUT2D eigenvalue weighted by Gasteiger charge is -2.14. The first kappa shape index (κ1) is 21.3. The Morgan fingerprint density at radius 1 is 1.10 bits per heavy atom. The Kier molecular flexibility index (Phi) is 6.05. The molecule has 0 aliphatic rings. The molecule has 0 fully saturated rings. The summed E-state index contributed by atoms with van der Waals surface area (Å²) in [5, 5.41) is 4.31. The second kappa shape index (κ2) is 8.52. The highest BCUT2D eigenvalue weighted by Crippen LogP contribution is 2.29. The van der Waals surface area contributed by atoms with Gasteiger partial charge in [0, 0.05) is 18.1 Å². The minimum atomic E-state index is -4.44. The van der Waals surface area contributed by atoms with Crippen LogP contribution in [0.15, 0.2) is 65.5 Å². The molecule has 1 atom stereocenters. The maximum Gasteiger partial charge on any atom is 0.416 e. The van der Waals surface area contributed by atoms with E-state index in [1.165, 1.54) is 32.2 Å². The first-order valence-corrected chi connectivity index (χ1v) is 9.12. The number of methoxy groups -OCH3 is 1. The van der Waals surface area contributed by atoms with Crippen molar-refractivity contribution >= 4 is 5.78 Å². The molecule has 0 aliphatic heterocycles. The Balaban J connectivity index is 1.82. The standard InChI is InChI=1S/C22H19F3N2O3/c1-14(20(28)12-15-6-8-17(9-7-15)22(23,24)25)27-21(29)11-10-19(26-27)16-4-3-5-18(13-16)30-2/h3-11,13-14H,12H2,1-2H3. The predicted octanol–water partition coefficient (Wildman–Crippen LogP) is 4.31. The van der Waals surface area contributed by atoms with E-state index in [-0.39, 0.29) is 12.2 Å². The van der Waals surface area contributed by atoms with Crippen LogP contribution in [0.2, 0.25) is 0 Å². The monoisotopic (exact) mass is 416 g/mol. The third-order valence-electron chi connectivity index (χ3n) is 4.68. The summed E-state index contributed by atoms with van der Waals surface area (Å²) in [7, 11) is 1.54. The van der Waals surface area contributed by atoms with Gasteiger partial charge in [-0.3, -0.25) is 9.59 Å². The number of hydrogen-bond donors (Lipinski definition) is 0. The zero-order valence-corrected chi connectivity index (χ0v) is 16.3. The van der Waals surface area contributed by atoms with E-state index in [2.05, 4.69) is 5.10 Å². The van der Waals surface area contributed by atoms with Crippen LogP contribution in [0, 0.1) is 0 Å². The van der Waals surface area contributed by atoms with Crippen LogP contribution in [0.25, 0.3) is 11.3 Å². The van der Waals surface area contributed by atoms with Crippen molar-refractivity contribution in [3.63, 3.8) is 0 Å². The number of ether oxygens (including phenoxy) is 1. The van der Waals surface area contributed by atoms with E-state index in [1.807, 2.05) is 0 Å². The van der Waals surface area contributed by atoms with Crippen molar-refractivity contribution in [2.75, 3.05) is 7.11 Å². The van der Waals surface area contributed by atoms with E-state index in [9.17, 15) is 22.8 Å². The van der Waals surface area contributed by atoms with Crippen molar-refractivity contribution in [3.05, 3.63) is 82.1 Å². The number of alkyl halides is 3. The molecule has 3 rings (SSSR count). The minimum Gasteiger partial charge on any atom is -0.497 e. The van der Waals surface area contributed by atoms with Crippen LogP contribution in [0.5, 0.6) is 5.75 Å². The molecule has 5 nitrogen and oxygen atoms in total. The van der Waals surface area contributed by atoms with Gasteiger partial charge in [-0.1, -0.05) is 24.3 Å². The largest absolute Gasteiger partial charge is 0.497 e. The van der Waals surface area contributed by atoms with Crippen LogP contribution in [0.4, 0.5) is 13.2 Å². The first-order chi connectivity index (χ1) is 14.2. The molecule has 0 aliphatic carbocycles. The van der Waals surface area contributed by atoms with Gasteiger partial charge < -0.3 is 4.74 Å². The van der Waals surface area contributed by atoms with Crippen LogP contribution in [-0.4, -0.2) is 22.7 Å². The Morgan fingerprint density at radius 3 is 2.43 bits per heavy atom. The van der Waals surface area contributed by atoms with E-state index in [0.717, 1.165) is 16.8 Å². The predicted molar refractivity (Wildman–Crippen MR) is 105 cm³/mol. The van der Waals surface area contributed by atoms with E-state index >= 15 is 0 Å². The van der Waals surface area contributed by atoms with Gasteiger partial charge in [0.25, 0.3) is 5.56 Å². The highest BCUT2D eigenvalue weighted by atomic mass is 19.4. The van der Waals surface area contributed by atoms with Crippen molar-refractivity contribution in [3.8, 4) is 17.0 Å². The molecule has 156 valence electrons. The summed E-state index contributed by atoms with van der Waals surface area (Å²) in [6, 6.07) is 13.5. The van der Waals surface area contributed by atoms with Gasteiger partial charge in [-0.05, 0) is 42.8 Å². The van der Waals surface area contributed by atoms with Crippen LogP contribution in [0.1, 0.15) is 24.1 Å². The number of nitrogens with zero attached hydrogens (tertiary/aromatic N) is 2. The second-order valence-electron chi connectivity index (χ2n) is 6.75. The molecule has 0 spiro atoms. The SMILES string of the molecule is COc1cccc(-c2ccc(=O)n(C(C)C(=O)Cc3ccc(C(F)(F)F)cc3)n2)c1. The Hall–Kier alpha value is -3.42. The molecule has 1 unspecified atom stereocenters. The summed E-state index contributed by atoms with van der Waals surface area (Å²) in [6.07, 6.45) is -4.55. The van der Waals surface area contributed by atoms with Crippen molar-refractivity contribution in [1.82, 2.24) is 9.78 Å². The third kappa shape index (κ3) is 4.76. The molecule has 0 saturated heterocycles. The Morgan fingerprint density at radius 2 is 1.80 bits per heavy atom. The summed E-state index contributed by atoms with van der Waals surface area (Å²) in [5.41, 5.74) is 0.399. The summed E-state index contributed by atoms with van der Waals surface area (Å²) in [4.78, 5) is 24.9. The summed E-state index contributed by atoms with van der Waals surface area (Å²) < 4.78 is 44.3. The van der Waals surface area contributed by atoms with Gasteiger partial charge in [0.05, 0.1) is 18.4 Å². The highest BCUT2D eigenvalue weighted by Gasteiger charge is 2.30. The molecule has 2 aromatic carbocycles. The maximum absolute atomic E-state index is 12.7. The normalized spacial score (nSPS) is 12.4. The zero-order valence-electron chi connectivity index (χ0n) is 16.3. The average Bonchev–Trinajstić information content (AvgIpc) is 2.73. The molecular weight excluding hydrogens is 397 g/mol. The van der Waals surface area contributed by atoms with Gasteiger partial charge >= 0.3 is 6.18 Å². The number of carbonyl (C=O) groups excluding carboxylic acids is 1. The van der Waals surface area contributed by atoms with Gasteiger partial charge in [0.15, 0.2) is 5.78 Å². The number of ketones is 1. The number of rotatable bonds is 6. The number of Topliss-reactive ketones (excluding diaryl/α,β-unsaturated/α-hetero) is 1. The van der Waals surface area contributed by atoms with Crippen LogP contribution >= 0.6 is 0 Å². The van der Waals surface area contributed by atoms with Crippen LogP contribution in [-0.2, 0) is 17.4 Å². The molecular formula is C22H19F3N2O3. The zero-order chi connectivity index (χ0) is 21.9. The molecule has 0 saturated carbocycles. The fraction of sp³-hybridized carbons (Fsp3) is 0.227. The maximum atomic E-state index is 12.7. The third-order valence-corrected chi connectivity index (χ3v) is 4.68. The second-order valence-corrected chi connectivity index (χ2v) is 6.75. The Labute approximate surface area is 170 Å². The number of aromatic nitrogens is 2. The molecule has 0 N–H and O–H groups in total.